The van der Waals surface area contributed by atoms with E-state index in [9.17, 15) is 18.0 Å². The number of piperazine rings is 1. The summed E-state index contributed by atoms with van der Waals surface area (Å²) in [6.07, 6.45) is 0. The Morgan fingerprint density at radius 3 is 2.29 bits per heavy atom. The molecule has 1 aliphatic heterocycles. The number of ether oxygens (including phenoxy) is 1. The van der Waals surface area contributed by atoms with Crippen molar-refractivity contribution >= 4 is 21.8 Å². The molecule has 0 aromatic heterocycles. The van der Waals surface area contributed by atoms with Crippen LogP contribution < -0.4 is 20.3 Å². The molecule has 2 amide bonds. The number of sulfonamides is 1. The largest absolute Gasteiger partial charge is 0.497 e. The molecule has 1 saturated heterocycles. The van der Waals surface area contributed by atoms with Gasteiger partial charge < -0.3 is 20.3 Å². The Kier molecular flexibility index (Phi) is 7.78. The van der Waals surface area contributed by atoms with Crippen LogP contribution in [0.3, 0.4) is 0 Å². The summed E-state index contributed by atoms with van der Waals surface area (Å²) < 4.78 is 32.0. The molecule has 0 bridgehead atoms. The van der Waals surface area contributed by atoms with Crippen LogP contribution in [0.5, 0.6) is 5.75 Å². The van der Waals surface area contributed by atoms with E-state index in [0.717, 1.165) is 4.90 Å². The number of nitrogens with zero attached hydrogens (tertiary/aromatic N) is 1. The van der Waals surface area contributed by atoms with Gasteiger partial charge in [-0.25, -0.2) is 8.42 Å². The lowest BCUT2D eigenvalue weighted by atomic mass is 10.3. The number of rotatable bonds is 8. The topological polar surface area (TPSA) is 109 Å². The highest BCUT2D eigenvalue weighted by Gasteiger charge is 2.31. The van der Waals surface area contributed by atoms with Crippen LogP contribution in [-0.2, 0) is 19.6 Å². The molecule has 0 saturated carbocycles. The van der Waals surface area contributed by atoms with E-state index in [-0.39, 0.29) is 35.8 Å². The van der Waals surface area contributed by atoms with Crippen LogP contribution in [0.1, 0.15) is 13.8 Å². The Labute approximate surface area is 166 Å². The molecular weight excluding hydrogens is 384 g/mol. The first-order chi connectivity index (χ1) is 13.2. The van der Waals surface area contributed by atoms with E-state index in [0.29, 0.717) is 31.9 Å². The summed E-state index contributed by atoms with van der Waals surface area (Å²) in [5.41, 5.74) is 0. The molecule has 1 aromatic rings. The van der Waals surface area contributed by atoms with Crippen molar-refractivity contribution in [1.82, 2.24) is 14.9 Å². The number of hydrogen-bond acceptors (Lipinski definition) is 5. The first-order valence-corrected chi connectivity index (χ1v) is 10.7. The standard InChI is InChI=1S/C18H28N4O5S/c1-14(2)20-17(23)12-19-18(24)13-21-8-10-22(11-9-21)28(25,26)16-6-4-15(27-3)5-7-16/h4-7,14H,8-13H2,1-3H3,(H,19,24)(H,20,23)/p+1. The second-order valence-electron chi connectivity index (χ2n) is 7.01. The lowest BCUT2D eigenvalue weighted by Crippen LogP contribution is -3.15. The van der Waals surface area contributed by atoms with Crippen LogP contribution in [0.25, 0.3) is 0 Å². The number of amides is 2. The average Bonchev–Trinajstić information content (AvgIpc) is 2.66. The summed E-state index contributed by atoms with van der Waals surface area (Å²) in [6, 6.07) is 6.32. The number of quaternary nitrogens is 1. The second-order valence-corrected chi connectivity index (χ2v) is 8.94. The lowest BCUT2D eigenvalue weighted by Gasteiger charge is -2.31. The lowest BCUT2D eigenvalue weighted by molar-refractivity contribution is -0.895. The zero-order chi connectivity index (χ0) is 20.7. The van der Waals surface area contributed by atoms with Crippen LogP contribution in [-0.4, -0.2) is 77.0 Å². The summed E-state index contributed by atoms with van der Waals surface area (Å²) in [5, 5.41) is 5.30. The highest BCUT2D eigenvalue weighted by atomic mass is 32.2. The number of benzene rings is 1. The molecular formula is C18H29N4O5S+. The van der Waals surface area contributed by atoms with Gasteiger partial charge in [0.1, 0.15) is 5.75 Å². The maximum atomic E-state index is 12.7. The third-order valence-corrected chi connectivity index (χ3v) is 6.35. The number of nitrogens with one attached hydrogen (secondary N) is 3. The van der Waals surface area contributed by atoms with Gasteiger partial charge in [-0.2, -0.15) is 4.31 Å². The molecule has 2 rings (SSSR count). The molecule has 9 nitrogen and oxygen atoms in total. The van der Waals surface area contributed by atoms with E-state index in [1.165, 1.54) is 23.5 Å². The van der Waals surface area contributed by atoms with Gasteiger partial charge >= 0.3 is 0 Å². The number of carbonyl (C=O) groups is 2. The van der Waals surface area contributed by atoms with E-state index in [4.69, 9.17) is 4.74 Å². The third-order valence-electron chi connectivity index (χ3n) is 4.43. The molecule has 0 spiro atoms. The fourth-order valence-electron chi connectivity index (χ4n) is 2.96. The van der Waals surface area contributed by atoms with E-state index < -0.39 is 10.0 Å². The molecule has 28 heavy (non-hydrogen) atoms. The van der Waals surface area contributed by atoms with Crippen LogP contribution >= 0.6 is 0 Å². The molecule has 0 atom stereocenters. The molecule has 3 N–H and O–H groups in total. The average molecular weight is 414 g/mol. The Hall–Kier alpha value is -2.17. The highest BCUT2D eigenvalue weighted by Crippen LogP contribution is 2.19. The summed E-state index contributed by atoms with van der Waals surface area (Å²) in [6.45, 7) is 5.60. The van der Waals surface area contributed by atoms with Crippen molar-refractivity contribution < 1.29 is 27.6 Å². The third kappa shape index (κ3) is 6.18. The van der Waals surface area contributed by atoms with Gasteiger partial charge in [-0.3, -0.25) is 9.59 Å². The van der Waals surface area contributed by atoms with Crippen molar-refractivity contribution in [2.24, 2.45) is 0 Å². The molecule has 156 valence electrons. The predicted octanol–water partition coefficient (Wildman–Crippen LogP) is -1.77. The highest BCUT2D eigenvalue weighted by molar-refractivity contribution is 7.89. The molecule has 10 heteroatoms. The normalized spacial score (nSPS) is 16.0. The zero-order valence-corrected chi connectivity index (χ0v) is 17.3. The van der Waals surface area contributed by atoms with Crippen molar-refractivity contribution in [2.45, 2.75) is 24.8 Å². The Bertz CT molecular complexity index is 772. The maximum absolute atomic E-state index is 12.7. The zero-order valence-electron chi connectivity index (χ0n) is 16.5. The van der Waals surface area contributed by atoms with Gasteiger partial charge in [-0.1, -0.05) is 0 Å². The van der Waals surface area contributed by atoms with Crippen LogP contribution in [0.4, 0.5) is 0 Å². The molecule has 0 aliphatic carbocycles. The van der Waals surface area contributed by atoms with Gasteiger partial charge in [0.2, 0.25) is 15.9 Å². The molecule has 1 aromatic carbocycles. The fraction of sp³-hybridized carbons (Fsp3) is 0.556. The first kappa shape index (κ1) is 22.1. The van der Waals surface area contributed by atoms with Crippen molar-refractivity contribution in [1.29, 1.82) is 0 Å². The molecule has 1 heterocycles. The minimum Gasteiger partial charge on any atom is -0.497 e. The van der Waals surface area contributed by atoms with E-state index in [2.05, 4.69) is 10.6 Å². The van der Waals surface area contributed by atoms with Gasteiger partial charge in [0, 0.05) is 6.04 Å². The predicted molar refractivity (Wildman–Crippen MR) is 104 cm³/mol. The SMILES string of the molecule is COc1ccc(S(=O)(=O)N2CC[NH+](CC(=O)NCC(=O)NC(C)C)CC2)cc1. The quantitative estimate of drug-likeness (QED) is 0.467. The summed E-state index contributed by atoms with van der Waals surface area (Å²) in [5.74, 6) is 0.149. The molecule has 1 aliphatic rings. The van der Waals surface area contributed by atoms with Gasteiger partial charge in [0.15, 0.2) is 6.54 Å². The maximum Gasteiger partial charge on any atom is 0.275 e. The van der Waals surface area contributed by atoms with E-state index in [1.807, 2.05) is 13.8 Å². The summed E-state index contributed by atoms with van der Waals surface area (Å²) >= 11 is 0. The Morgan fingerprint density at radius 1 is 1.14 bits per heavy atom. The Morgan fingerprint density at radius 2 is 1.75 bits per heavy atom. The number of methoxy groups -OCH3 is 1. The van der Waals surface area contributed by atoms with E-state index in [1.54, 1.807) is 12.1 Å². The Balaban J connectivity index is 1.81. The van der Waals surface area contributed by atoms with Crippen molar-refractivity contribution in [3.63, 3.8) is 0 Å². The second kappa shape index (κ2) is 9.85. The molecule has 1 fully saturated rings. The van der Waals surface area contributed by atoms with Crippen molar-refractivity contribution in [2.75, 3.05) is 46.4 Å². The van der Waals surface area contributed by atoms with Crippen LogP contribution in [0.2, 0.25) is 0 Å². The number of hydrogen-bond donors (Lipinski definition) is 3. The first-order valence-electron chi connectivity index (χ1n) is 9.26. The van der Waals surface area contributed by atoms with Gasteiger partial charge in [-0.15, -0.1) is 0 Å². The van der Waals surface area contributed by atoms with Crippen molar-refractivity contribution in [3.8, 4) is 5.75 Å². The minimum atomic E-state index is -3.56. The van der Waals surface area contributed by atoms with E-state index >= 15 is 0 Å². The molecule has 0 unspecified atom stereocenters. The summed E-state index contributed by atoms with van der Waals surface area (Å²) in [7, 11) is -2.03. The van der Waals surface area contributed by atoms with Gasteiger partial charge in [0.25, 0.3) is 5.91 Å². The van der Waals surface area contributed by atoms with Crippen LogP contribution in [0, 0.1) is 0 Å². The molecule has 0 radical (unpaired) electrons. The summed E-state index contributed by atoms with van der Waals surface area (Å²) in [4.78, 5) is 24.8. The minimum absolute atomic E-state index is 0.0238. The van der Waals surface area contributed by atoms with Crippen molar-refractivity contribution in [3.05, 3.63) is 24.3 Å². The van der Waals surface area contributed by atoms with Gasteiger partial charge in [0.05, 0.1) is 44.7 Å². The number of carbonyl (C=O) groups excluding carboxylic acids is 2. The van der Waals surface area contributed by atoms with Crippen LogP contribution in [0.15, 0.2) is 29.2 Å². The smallest absolute Gasteiger partial charge is 0.275 e. The fourth-order valence-corrected chi connectivity index (χ4v) is 4.40. The monoisotopic (exact) mass is 413 g/mol. The van der Waals surface area contributed by atoms with Gasteiger partial charge in [-0.05, 0) is 38.1 Å².